The molecule has 0 aliphatic carbocycles. The lowest BCUT2D eigenvalue weighted by Crippen LogP contribution is -2.22. The van der Waals surface area contributed by atoms with Crippen LogP contribution in [0.5, 0.6) is 5.88 Å². The molecule has 1 saturated heterocycles. The van der Waals surface area contributed by atoms with Gasteiger partial charge in [-0.15, -0.1) is 0 Å². The van der Waals surface area contributed by atoms with E-state index in [-0.39, 0.29) is 0 Å². The molecule has 0 spiro atoms. The van der Waals surface area contributed by atoms with E-state index in [9.17, 15) is 0 Å². The molecule has 0 amide bonds. The van der Waals surface area contributed by atoms with Crippen LogP contribution in [0.3, 0.4) is 0 Å². The van der Waals surface area contributed by atoms with E-state index < -0.39 is 0 Å². The topological polar surface area (TPSA) is 43.4 Å². The van der Waals surface area contributed by atoms with Gasteiger partial charge in [-0.1, -0.05) is 19.9 Å². The highest BCUT2D eigenvalue weighted by Gasteiger charge is 2.14. The predicted molar refractivity (Wildman–Crippen MR) is 84.6 cm³/mol. The van der Waals surface area contributed by atoms with E-state index in [2.05, 4.69) is 30.2 Å². The van der Waals surface area contributed by atoms with Gasteiger partial charge >= 0.3 is 0 Å². The fraction of sp³-hybridized carbons (Fsp3) is 0.706. The van der Waals surface area contributed by atoms with E-state index in [1.165, 1.54) is 5.56 Å². The minimum atomic E-state index is 0.605. The van der Waals surface area contributed by atoms with E-state index in [1.54, 1.807) is 0 Å². The molecule has 21 heavy (non-hydrogen) atoms. The van der Waals surface area contributed by atoms with Crippen molar-refractivity contribution in [3.8, 4) is 5.88 Å². The lowest BCUT2D eigenvalue weighted by Gasteiger charge is -2.22. The third-order valence-electron chi connectivity index (χ3n) is 3.85. The molecule has 0 unspecified atom stereocenters. The standard InChI is InChI=1S/C17H28N2O2/c1-13(2)10-18-11-16-4-5-17(19-14(16)3)21-12-15-6-8-20-9-7-15/h4-5,13,15,18H,6-12H2,1-3H3. The van der Waals surface area contributed by atoms with Gasteiger partial charge in [0.15, 0.2) is 0 Å². The van der Waals surface area contributed by atoms with Gasteiger partial charge in [0.25, 0.3) is 0 Å². The van der Waals surface area contributed by atoms with Crippen LogP contribution in [-0.2, 0) is 11.3 Å². The zero-order valence-corrected chi connectivity index (χ0v) is 13.5. The number of hydrogen-bond acceptors (Lipinski definition) is 4. The molecule has 1 aliphatic heterocycles. The van der Waals surface area contributed by atoms with E-state index in [1.807, 2.05) is 13.0 Å². The summed E-state index contributed by atoms with van der Waals surface area (Å²) < 4.78 is 11.2. The summed E-state index contributed by atoms with van der Waals surface area (Å²) in [5.74, 6) is 2.01. The molecular formula is C17H28N2O2. The highest BCUT2D eigenvalue weighted by molar-refractivity contribution is 5.24. The first-order chi connectivity index (χ1) is 10.1. The van der Waals surface area contributed by atoms with Crippen LogP contribution in [0.4, 0.5) is 0 Å². The molecule has 1 aromatic rings. The summed E-state index contributed by atoms with van der Waals surface area (Å²) in [4.78, 5) is 4.56. The summed E-state index contributed by atoms with van der Waals surface area (Å²) in [5.41, 5.74) is 2.30. The summed E-state index contributed by atoms with van der Waals surface area (Å²) >= 11 is 0. The van der Waals surface area contributed by atoms with Crippen molar-refractivity contribution >= 4 is 0 Å². The van der Waals surface area contributed by atoms with Crippen molar-refractivity contribution in [2.24, 2.45) is 11.8 Å². The lowest BCUT2D eigenvalue weighted by atomic mass is 10.0. The number of rotatable bonds is 7. The number of nitrogens with zero attached hydrogens (tertiary/aromatic N) is 1. The van der Waals surface area contributed by atoms with Crippen LogP contribution in [0.1, 0.15) is 37.9 Å². The maximum absolute atomic E-state index is 5.84. The first-order valence-electron chi connectivity index (χ1n) is 8.03. The van der Waals surface area contributed by atoms with Crippen molar-refractivity contribution < 1.29 is 9.47 Å². The van der Waals surface area contributed by atoms with Crippen molar-refractivity contribution in [1.82, 2.24) is 10.3 Å². The Labute approximate surface area is 128 Å². The average Bonchev–Trinajstić information content (AvgIpc) is 2.48. The molecule has 1 aliphatic rings. The molecule has 4 heteroatoms. The minimum Gasteiger partial charge on any atom is -0.477 e. The van der Waals surface area contributed by atoms with E-state index >= 15 is 0 Å². The Morgan fingerprint density at radius 2 is 2.10 bits per heavy atom. The number of nitrogens with one attached hydrogen (secondary N) is 1. The van der Waals surface area contributed by atoms with Gasteiger partial charge < -0.3 is 14.8 Å². The first kappa shape index (κ1) is 16.2. The Morgan fingerprint density at radius 1 is 1.33 bits per heavy atom. The van der Waals surface area contributed by atoms with Crippen LogP contribution in [-0.4, -0.2) is 31.3 Å². The average molecular weight is 292 g/mol. The third-order valence-corrected chi connectivity index (χ3v) is 3.85. The van der Waals surface area contributed by atoms with Gasteiger partial charge in [-0.3, -0.25) is 0 Å². The zero-order valence-electron chi connectivity index (χ0n) is 13.5. The SMILES string of the molecule is Cc1nc(OCC2CCOCC2)ccc1CNCC(C)C. The van der Waals surface area contributed by atoms with Crippen LogP contribution in [0.15, 0.2) is 12.1 Å². The maximum Gasteiger partial charge on any atom is 0.213 e. The Balaban J connectivity index is 1.80. The van der Waals surface area contributed by atoms with Crippen LogP contribution in [0, 0.1) is 18.8 Å². The second kappa shape index (κ2) is 8.35. The van der Waals surface area contributed by atoms with Crippen molar-refractivity contribution in [1.29, 1.82) is 0 Å². The summed E-state index contributed by atoms with van der Waals surface area (Å²) in [7, 11) is 0. The molecule has 0 atom stereocenters. The molecule has 118 valence electrons. The van der Waals surface area contributed by atoms with Crippen molar-refractivity contribution in [2.45, 2.75) is 40.2 Å². The molecule has 0 saturated carbocycles. The van der Waals surface area contributed by atoms with Crippen molar-refractivity contribution in [2.75, 3.05) is 26.4 Å². The molecule has 1 aromatic heterocycles. The molecule has 4 nitrogen and oxygen atoms in total. The van der Waals surface area contributed by atoms with Gasteiger partial charge in [-0.05, 0) is 43.7 Å². The largest absolute Gasteiger partial charge is 0.477 e. The van der Waals surface area contributed by atoms with Crippen molar-refractivity contribution in [3.63, 3.8) is 0 Å². The normalized spacial score (nSPS) is 16.4. The number of aromatic nitrogens is 1. The predicted octanol–water partition coefficient (Wildman–Crippen LogP) is 2.94. The number of aryl methyl sites for hydroxylation is 1. The quantitative estimate of drug-likeness (QED) is 0.839. The molecule has 1 N–H and O–H groups in total. The zero-order chi connectivity index (χ0) is 15.1. The van der Waals surface area contributed by atoms with Gasteiger partial charge in [0.05, 0.1) is 6.61 Å². The third kappa shape index (κ3) is 5.64. The van der Waals surface area contributed by atoms with E-state index in [4.69, 9.17) is 9.47 Å². The lowest BCUT2D eigenvalue weighted by molar-refractivity contribution is 0.0490. The fourth-order valence-electron chi connectivity index (χ4n) is 2.45. The second-order valence-electron chi connectivity index (χ2n) is 6.29. The Morgan fingerprint density at radius 3 is 2.76 bits per heavy atom. The Bertz CT molecular complexity index is 429. The minimum absolute atomic E-state index is 0.605. The summed E-state index contributed by atoms with van der Waals surface area (Å²) in [6.45, 7) is 10.9. The monoisotopic (exact) mass is 292 g/mol. The summed E-state index contributed by atoms with van der Waals surface area (Å²) in [6.07, 6.45) is 2.19. The van der Waals surface area contributed by atoms with Gasteiger partial charge in [0.1, 0.15) is 0 Å². The van der Waals surface area contributed by atoms with E-state index in [0.29, 0.717) is 11.8 Å². The molecular weight excluding hydrogens is 264 g/mol. The van der Waals surface area contributed by atoms with E-state index in [0.717, 1.165) is 57.3 Å². The molecule has 2 rings (SSSR count). The maximum atomic E-state index is 5.84. The number of pyridine rings is 1. The highest BCUT2D eigenvalue weighted by atomic mass is 16.5. The van der Waals surface area contributed by atoms with Gasteiger partial charge in [-0.25, -0.2) is 4.98 Å². The number of hydrogen-bond donors (Lipinski definition) is 1. The van der Waals surface area contributed by atoms with Gasteiger partial charge in [-0.2, -0.15) is 0 Å². The smallest absolute Gasteiger partial charge is 0.213 e. The Hall–Kier alpha value is -1.13. The van der Waals surface area contributed by atoms with Crippen molar-refractivity contribution in [3.05, 3.63) is 23.4 Å². The van der Waals surface area contributed by atoms with Gasteiger partial charge in [0.2, 0.25) is 5.88 Å². The first-order valence-corrected chi connectivity index (χ1v) is 8.03. The highest BCUT2D eigenvalue weighted by Crippen LogP contribution is 2.18. The molecule has 0 bridgehead atoms. The molecule has 2 heterocycles. The van der Waals surface area contributed by atoms with Crippen LogP contribution in [0.2, 0.25) is 0 Å². The fourth-order valence-corrected chi connectivity index (χ4v) is 2.45. The van der Waals surface area contributed by atoms with Crippen LogP contribution < -0.4 is 10.1 Å². The summed E-state index contributed by atoms with van der Waals surface area (Å²) in [6, 6.07) is 4.10. The Kier molecular flexibility index (Phi) is 6.46. The molecule has 0 radical (unpaired) electrons. The second-order valence-corrected chi connectivity index (χ2v) is 6.29. The van der Waals surface area contributed by atoms with Crippen LogP contribution in [0.25, 0.3) is 0 Å². The van der Waals surface area contributed by atoms with Crippen LogP contribution >= 0.6 is 0 Å². The molecule has 0 aromatic carbocycles. The van der Waals surface area contributed by atoms with Gasteiger partial charge in [0, 0.05) is 31.5 Å². The summed E-state index contributed by atoms with van der Waals surface area (Å²) in [5, 5.41) is 3.45. The molecule has 1 fully saturated rings. The number of ether oxygens (including phenoxy) is 2.